The molecule has 2 heterocycles. The van der Waals surface area contributed by atoms with Gasteiger partial charge in [-0.05, 0) is 29.9 Å². The number of nitriles is 1. The molecule has 0 amide bonds. The van der Waals surface area contributed by atoms with E-state index in [1.807, 2.05) is 42.5 Å². The summed E-state index contributed by atoms with van der Waals surface area (Å²) >= 11 is 0. The molecular weight excluding hydrogens is 286 g/mol. The monoisotopic (exact) mass is 307 g/mol. The van der Waals surface area contributed by atoms with Crippen molar-refractivity contribution < 1.29 is 4.42 Å². The molecule has 0 N–H and O–H groups in total. The Labute approximate surface area is 137 Å². The van der Waals surface area contributed by atoms with Crippen LogP contribution in [0.1, 0.15) is 37.4 Å². The minimum atomic E-state index is 0.374. The average molecular weight is 307 g/mol. The lowest BCUT2D eigenvalue weighted by molar-refractivity contribution is 0.342. The van der Waals surface area contributed by atoms with Gasteiger partial charge in [0.15, 0.2) is 0 Å². The SMILES string of the molecule is C[C@@H]1C[C@@H](C)CN(c2oc(/C=C/c3ccccc3)nc2C#N)C1. The van der Waals surface area contributed by atoms with Crippen LogP contribution in [0.25, 0.3) is 12.2 Å². The molecule has 1 fully saturated rings. The fraction of sp³-hybridized carbons (Fsp3) is 0.368. The minimum Gasteiger partial charge on any atom is -0.420 e. The molecule has 2 atom stereocenters. The molecule has 0 saturated carbocycles. The Morgan fingerprint density at radius 1 is 1.17 bits per heavy atom. The topological polar surface area (TPSA) is 53.1 Å². The van der Waals surface area contributed by atoms with E-state index in [-0.39, 0.29) is 0 Å². The van der Waals surface area contributed by atoms with E-state index in [0.29, 0.717) is 29.3 Å². The molecule has 118 valence electrons. The van der Waals surface area contributed by atoms with Gasteiger partial charge in [0.05, 0.1) is 0 Å². The zero-order valence-electron chi connectivity index (χ0n) is 13.6. The van der Waals surface area contributed by atoms with E-state index in [1.165, 1.54) is 6.42 Å². The predicted octanol–water partition coefficient (Wildman–Crippen LogP) is 4.20. The first-order chi connectivity index (χ1) is 11.2. The van der Waals surface area contributed by atoms with Gasteiger partial charge < -0.3 is 9.32 Å². The van der Waals surface area contributed by atoms with Gasteiger partial charge >= 0.3 is 0 Å². The summed E-state index contributed by atoms with van der Waals surface area (Å²) in [5.41, 5.74) is 1.45. The molecule has 1 aromatic heterocycles. The van der Waals surface area contributed by atoms with Crippen LogP contribution in [0.2, 0.25) is 0 Å². The molecule has 0 spiro atoms. The molecule has 1 saturated heterocycles. The van der Waals surface area contributed by atoms with Gasteiger partial charge in [0.2, 0.25) is 17.5 Å². The largest absolute Gasteiger partial charge is 0.420 e. The zero-order valence-corrected chi connectivity index (χ0v) is 13.6. The lowest BCUT2D eigenvalue weighted by Gasteiger charge is -2.34. The van der Waals surface area contributed by atoms with Gasteiger partial charge in [-0.3, -0.25) is 0 Å². The molecule has 4 heteroatoms. The fourth-order valence-electron chi connectivity index (χ4n) is 3.25. The summed E-state index contributed by atoms with van der Waals surface area (Å²) < 4.78 is 5.87. The van der Waals surface area contributed by atoms with Crippen LogP contribution >= 0.6 is 0 Å². The number of piperidine rings is 1. The standard InChI is InChI=1S/C19H21N3O/c1-14-10-15(2)13-22(12-14)19-17(11-20)21-18(23-19)9-8-16-6-4-3-5-7-16/h3-9,14-15H,10,12-13H2,1-2H3/b9-8+/t14-,15-/m1/s1. The molecule has 0 radical (unpaired) electrons. The van der Waals surface area contributed by atoms with E-state index >= 15 is 0 Å². The predicted molar refractivity (Wildman–Crippen MR) is 91.7 cm³/mol. The van der Waals surface area contributed by atoms with Crippen molar-refractivity contribution in [3.05, 3.63) is 47.5 Å². The number of rotatable bonds is 3. The van der Waals surface area contributed by atoms with Crippen molar-refractivity contribution in [3.63, 3.8) is 0 Å². The first-order valence-electron chi connectivity index (χ1n) is 8.04. The van der Waals surface area contributed by atoms with Gasteiger partial charge in [-0.2, -0.15) is 10.2 Å². The second kappa shape index (κ2) is 6.70. The van der Waals surface area contributed by atoms with Crippen LogP contribution in [-0.2, 0) is 0 Å². The highest BCUT2D eigenvalue weighted by Gasteiger charge is 2.27. The third-order valence-corrected chi connectivity index (χ3v) is 4.11. The van der Waals surface area contributed by atoms with Crippen LogP contribution in [0.4, 0.5) is 5.88 Å². The van der Waals surface area contributed by atoms with E-state index in [0.717, 1.165) is 18.7 Å². The summed E-state index contributed by atoms with van der Waals surface area (Å²) in [6.45, 7) is 6.30. The van der Waals surface area contributed by atoms with Crippen LogP contribution in [0, 0.1) is 23.2 Å². The highest BCUT2D eigenvalue weighted by Crippen LogP contribution is 2.29. The van der Waals surface area contributed by atoms with Crippen LogP contribution in [0.15, 0.2) is 34.7 Å². The molecule has 3 rings (SSSR count). The van der Waals surface area contributed by atoms with E-state index in [2.05, 4.69) is 29.8 Å². The minimum absolute atomic E-state index is 0.374. The Kier molecular flexibility index (Phi) is 4.47. The molecule has 0 bridgehead atoms. The number of nitrogens with zero attached hydrogens (tertiary/aromatic N) is 3. The van der Waals surface area contributed by atoms with Crippen molar-refractivity contribution >= 4 is 18.0 Å². The summed E-state index contributed by atoms with van der Waals surface area (Å²) in [7, 11) is 0. The quantitative estimate of drug-likeness (QED) is 0.853. The summed E-state index contributed by atoms with van der Waals surface area (Å²) in [5.74, 6) is 2.28. The number of benzene rings is 1. The highest BCUT2D eigenvalue weighted by molar-refractivity contribution is 5.67. The van der Waals surface area contributed by atoms with Gasteiger partial charge in [-0.15, -0.1) is 0 Å². The summed E-state index contributed by atoms with van der Waals surface area (Å²) in [6, 6.07) is 12.1. The van der Waals surface area contributed by atoms with E-state index < -0.39 is 0 Å². The van der Waals surface area contributed by atoms with Crippen molar-refractivity contribution in [3.8, 4) is 6.07 Å². The van der Waals surface area contributed by atoms with E-state index in [9.17, 15) is 5.26 Å². The second-order valence-corrected chi connectivity index (χ2v) is 6.41. The molecule has 1 aromatic carbocycles. The third kappa shape index (κ3) is 3.62. The molecule has 2 aromatic rings. The fourth-order valence-corrected chi connectivity index (χ4v) is 3.25. The zero-order chi connectivity index (χ0) is 16.2. The van der Waals surface area contributed by atoms with Crippen molar-refractivity contribution in [1.82, 2.24) is 4.98 Å². The van der Waals surface area contributed by atoms with Gasteiger partial charge in [-0.1, -0.05) is 44.2 Å². The van der Waals surface area contributed by atoms with Gasteiger partial charge in [0.25, 0.3) is 0 Å². The second-order valence-electron chi connectivity index (χ2n) is 6.41. The van der Waals surface area contributed by atoms with Crippen molar-refractivity contribution in [1.29, 1.82) is 5.26 Å². The maximum Gasteiger partial charge on any atom is 0.235 e. The molecular formula is C19H21N3O. The smallest absolute Gasteiger partial charge is 0.235 e. The lowest BCUT2D eigenvalue weighted by Crippen LogP contribution is -2.38. The maximum absolute atomic E-state index is 9.36. The van der Waals surface area contributed by atoms with Crippen LogP contribution < -0.4 is 4.90 Å². The molecule has 0 aliphatic carbocycles. The van der Waals surface area contributed by atoms with Gasteiger partial charge in [0.1, 0.15) is 6.07 Å². The Balaban J connectivity index is 1.83. The van der Waals surface area contributed by atoms with Crippen molar-refractivity contribution in [2.24, 2.45) is 11.8 Å². The van der Waals surface area contributed by atoms with Crippen LogP contribution in [0.5, 0.6) is 0 Å². The van der Waals surface area contributed by atoms with E-state index in [4.69, 9.17) is 4.42 Å². The van der Waals surface area contributed by atoms with Crippen molar-refractivity contribution in [2.45, 2.75) is 20.3 Å². The molecule has 1 aliphatic rings. The maximum atomic E-state index is 9.36. The number of hydrogen-bond donors (Lipinski definition) is 0. The molecule has 4 nitrogen and oxygen atoms in total. The third-order valence-electron chi connectivity index (χ3n) is 4.11. The average Bonchev–Trinajstić information content (AvgIpc) is 2.96. The highest BCUT2D eigenvalue weighted by atomic mass is 16.4. The summed E-state index contributed by atoms with van der Waals surface area (Å²) in [6.07, 6.45) is 4.97. The lowest BCUT2D eigenvalue weighted by atomic mass is 9.92. The first-order valence-corrected chi connectivity index (χ1v) is 8.04. The van der Waals surface area contributed by atoms with Gasteiger partial charge in [-0.25, -0.2) is 0 Å². The summed E-state index contributed by atoms with van der Waals surface area (Å²) in [5, 5.41) is 9.36. The Morgan fingerprint density at radius 2 is 1.87 bits per heavy atom. The summed E-state index contributed by atoms with van der Waals surface area (Å²) in [4.78, 5) is 6.47. The Bertz CT molecular complexity index is 717. The molecule has 0 unspecified atom stereocenters. The number of oxazole rings is 1. The molecule has 23 heavy (non-hydrogen) atoms. The van der Waals surface area contributed by atoms with Gasteiger partial charge in [0, 0.05) is 19.2 Å². The number of aromatic nitrogens is 1. The van der Waals surface area contributed by atoms with Crippen LogP contribution in [-0.4, -0.2) is 18.1 Å². The Hall–Kier alpha value is -2.54. The number of hydrogen-bond acceptors (Lipinski definition) is 4. The van der Waals surface area contributed by atoms with Crippen molar-refractivity contribution in [2.75, 3.05) is 18.0 Å². The van der Waals surface area contributed by atoms with Crippen LogP contribution in [0.3, 0.4) is 0 Å². The van der Waals surface area contributed by atoms with E-state index in [1.54, 1.807) is 0 Å². The molecule has 1 aliphatic heterocycles. The Morgan fingerprint density at radius 3 is 2.52 bits per heavy atom. The normalized spacial score (nSPS) is 21.5. The first kappa shape index (κ1) is 15.4. The number of anilines is 1.